The van der Waals surface area contributed by atoms with E-state index in [1.54, 1.807) is 19.2 Å². The number of aliphatic hydroxyl groups excluding tert-OH is 1. The van der Waals surface area contributed by atoms with Crippen molar-refractivity contribution in [1.29, 1.82) is 0 Å². The Labute approximate surface area is 120 Å². The molecule has 0 saturated carbocycles. The molecule has 0 radical (unpaired) electrons. The Morgan fingerprint density at radius 2 is 2.25 bits per heavy atom. The first-order chi connectivity index (χ1) is 9.62. The van der Waals surface area contributed by atoms with Gasteiger partial charge in [-0.2, -0.15) is 0 Å². The predicted molar refractivity (Wildman–Crippen MR) is 78.6 cm³/mol. The maximum Gasteiger partial charge on any atom is 0.252 e. The number of benzene rings is 1. The third kappa shape index (κ3) is 4.69. The zero-order valence-electron chi connectivity index (χ0n) is 12.2. The van der Waals surface area contributed by atoms with Crippen LogP contribution in [-0.2, 0) is 4.74 Å². The summed E-state index contributed by atoms with van der Waals surface area (Å²) in [5, 5.41) is 11.7. The van der Waals surface area contributed by atoms with Crippen molar-refractivity contribution in [3.05, 3.63) is 34.9 Å². The number of nitrogens with one attached hydrogen (secondary N) is 1. The number of hydrogen-bond donors (Lipinski definition) is 2. The van der Waals surface area contributed by atoms with Crippen molar-refractivity contribution >= 4 is 5.91 Å². The van der Waals surface area contributed by atoms with Gasteiger partial charge in [0, 0.05) is 12.7 Å². The summed E-state index contributed by atoms with van der Waals surface area (Å²) in [5.74, 6) is 5.21. The van der Waals surface area contributed by atoms with Gasteiger partial charge in [0.1, 0.15) is 6.61 Å². The molecule has 1 rings (SSSR count). The quantitative estimate of drug-likeness (QED) is 0.801. The van der Waals surface area contributed by atoms with Crippen LogP contribution in [0.1, 0.15) is 34.8 Å². The van der Waals surface area contributed by atoms with Crippen LogP contribution >= 0.6 is 0 Å². The molecule has 1 unspecified atom stereocenters. The van der Waals surface area contributed by atoms with Crippen LogP contribution < -0.4 is 5.32 Å². The van der Waals surface area contributed by atoms with E-state index in [0.29, 0.717) is 17.7 Å². The number of ether oxygens (including phenoxy) is 1. The number of hydrogen-bond acceptors (Lipinski definition) is 3. The van der Waals surface area contributed by atoms with Crippen molar-refractivity contribution in [2.75, 3.05) is 20.3 Å². The number of methoxy groups -OCH3 is 1. The van der Waals surface area contributed by atoms with E-state index in [2.05, 4.69) is 17.2 Å². The van der Waals surface area contributed by atoms with Gasteiger partial charge in [0.15, 0.2) is 0 Å². The fraction of sp³-hybridized carbons (Fsp3) is 0.438. The number of rotatable bonds is 5. The summed E-state index contributed by atoms with van der Waals surface area (Å²) in [7, 11) is 1.61. The smallest absolute Gasteiger partial charge is 0.252 e. The first-order valence-electron chi connectivity index (χ1n) is 6.62. The monoisotopic (exact) mass is 275 g/mol. The van der Waals surface area contributed by atoms with Gasteiger partial charge in [0.25, 0.3) is 5.91 Å². The summed E-state index contributed by atoms with van der Waals surface area (Å²) in [6.07, 6.45) is 0.795. The Morgan fingerprint density at radius 3 is 2.85 bits per heavy atom. The fourth-order valence-electron chi connectivity index (χ4n) is 1.82. The van der Waals surface area contributed by atoms with Gasteiger partial charge in [-0.05, 0) is 25.5 Å². The van der Waals surface area contributed by atoms with E-state index < -0.39 is 0 Å². The van der Waals surface area contributed by atoms with E-state index in [1.165, 1.54) is 0 Å². The van der Waals surface area contributed by atoms with Gasteiger partial charge in [-0.25, -0.2) is 0 Å². The molecular weight excluding hydrogens is 254 g/mol. The minimum Gasteiger partial charge on any atom is -0.384 e. The molecule has 1 aromatic carbocycles. The fourth-order valence-corrected chi connectivity index (χ4v) is 1.82. The van der Waals surface area contributed by atoms with E-state index in [-0.39, 0.29) is 18.6 Å². The lowest BCUT2D eigenvalue weighted by atomic mass is 10.0. The summed E-state index contributed by atoms with van der Waals surface area (Å²) >= 11 is 0. The van der Waals surface area contributed by atoms with Crippen LogP contribution in [0.25, 0.3) is 0 Å². The zero-order chi connectivity index (χ0) is 15.0. The third-order valence-corrected chi connectivity index (χ3v) is 2.92. The van der Waals surface area contributed by atoms with Crippen LogP contribution in [0.5, 0.6) is 0 Å². The van der Waals surface area contributed by atoms with E-state index in [4.69, 9.17) is 9.84 Å². The highest BCUT2D eigenvalue weighted by Gasteiger charge is 2.14. The van der Waals surface area contributed by atoms with Crippen LogP contribution in [-0.4, -0.2) is 37.4 Å². The number of carbonyl (C=O) groups is 1. The number of amides is 1. The van der Waals surface area contributed by atoms with Gasteiger partial charge in [-0.3, -0.25) is 4.79 Å². The van der Waals surface area contributed by atoms with Crippen molar-refractivity contribution in [3.63, 3.8) is 0 Å². The largest absolute Gasteiger partial charge is 0.384 e. The second-order valence-electron chi connectivity index (χ2n) is 4.54. The average molecular weight is 275 g/mol. The van der Waals surface area contributed by atoms with Crippen molar-refractivity contribution in [2.45, 2.75) is 26.3 Å². The van der Waals surface area contributed by atoms with Gasteiger partial charge < -0.3 is 15.2 Å². The summed E-state index contributed by atoms with van der Waals surface area (Å²) in [6, 6.07) is 5.47. The minimum atomic E-state index is -0.226. The molecule has 0 aromatic heterocycles. The lowest BCUT2D eigenvalue weighted by Gasteiger charge is -2.16. The molecular formula is C16H21NO3. The number of carbonyl (C=O) groups excluding carboxylic acids is 1. The highest BCUT2D eigenvalue weighted by atomic mass is 16.5. The molecule has 0 aliphatic carbocycles. The number of aryl methyl sites for hydroxylation is 1. The first kappa shape index (κ1) is 16.2. The average Bonchev–Trinajstić information content (AvgIpc) is 2.45. The van der Waals surface area contributed by atoms with Crippen LogP contribution in [0.2, 0.25) is 0 Å². The molecule has 0 saturated heterocycles. The Hall–Kier alpha value is -1.83. The molecule has 0 aliphatic heterocycles. The van der Waals surface area contributed by atoms with Gasteiger partial charge in [-0.15, -0.1) is 0 Å². The van der Waals surface area contributed by atoms with Crippen molar-refractivity contribution in [3.8, 4) is 11.8 Å². The van der Waals surface area contributed by atoms with Crippen LogP contribution in [0.3, 0.4) is 0 Å². The highest BCUT2D eigenvalue weighted by Crippen LogP contribution is 2.11. The zero-order valence-corrected chi connectivity index (χ0v) is 12.2. The topological polar surface area (TPSA) is 58.6 Å². The molecule has 4 heteroatoms. The summed E-state index contributed by atoms with van der Waals surface area (Å²) in [5.41, 5.74) is 2.14. The maximum atomic E-state index is 12.3. The summed E-state index contributed by atoms with van der Waals surface area (Å²) in [4.78, 5) is 12.3. The van der Waals surface area contributed by atoms with Crippen LogP contribution in [0, 0.1) is 18.8 Å². The molecule has 0 aliphatic rings. The summed E-state index contributed by atoms with van der Waals surface area (Å²) < 4.78 is 5.07. The van der Waals surface area contributed by atoms with E-state index >= 15 is 0 Å². The Kier molecular flexibility index (Phi) is 6.78. The molecule has 0 fully saturated rings. The molecule has 20 heavy (non-hydrogen) atoms. The second kappa shape index (κ2) is 8.36. The molecule has 108 valence electrons. The Morgan fingerprint density at radius 1 is 1.50 bits per heavy atom. The normalized spacial score (nSPS) is 11.4. The highest BCUT2D eigenvalue weighted by molar-refractivity contribution is 5.97. The van der Waals surface area contributed by atoms with E-state index in [1.807, 2.05) is 19.9 Å². The maximum absolute atomic E-state index is 12.3. The molecule has 4 nitrogen and oxygen atoms in total. The summed E-state index contributed by atoms with van der Waals surface area (Å²) in [6.45, 7) is 4.17. The SMILES string of the molecule is CCC(COC)NC(=O)c1cc(C)ccc1C#CCO. The van der Waals surface area contributed by atoms with Crippen molar-refractivity contribution in [2.24, 2.45) is 0 Å². The lowest BCUT2D eigenvalue weighted by molar-refractivity contribution is 0.0894. The molecule has 0 spiro atoms. The van der Waals surface area contributed by atoms with Gasteiger partial charge >= 0.3 is 0 Å². The van der Waals surface area contributed by atoms with Crippen LogP contribution in [0.4, 0.5) is 0 Å². The minimum absolute atomic E-state index is 0.0216. The lowest BCUT2D eigenvalue weighted by Crippen LogP contribution is -2.37. The Bertz CT molecular complexity index is 514. The van der Waals surface area contributed by atoms with Gasteiger partial charge in [0.05, 0.1) is 18.2 Å². The van der Waals surface area contributed by atoms with Crippen LogP contribution in [0.15, 0.2) is 18.2 Å². The molecule has 1 aromatic rings. The van der Waals surface area contributed by atoms with Crippen molar-refractivity contribution < 1.29 is 14.6 Å². The molecule has 2 N–H and O–H groups in total. The Balaban J connectivity index is 2.98. The standard InChI is InChI=1S/C16H21NO3/c1-4-14(11-20-3)17-16(19)15-10-12(2)7-8-13(15)6-5-9-18/h7-8,10,14,18H,4,9,11H2,1-3H3,(H,17,19). The third-order valence-electron chi connectivity index (χ3n) is 2.92. The molecule has 0 heterocycles. The number of aliphatic hydroxyl groups is 1. The molecule has 1 amide bonds. The molecule has 0 bridgehead atoms. The van der Waals surface area contributed by atoms with Gasteiger partial charge in [-0.1, -0.05) is 30.4 Å². The molecule has 1 atom stereocenters. The van der Waals surface area contributed by atoms with E-state index in [0.717, 1.165) is 12.0 Å². The second-order valence-corrected chi connectivity index (χ2v) is 4.54. The van der Waals surface area contributed by atoms with E-state index in [9.17, 15) is 4.79 Å². The van der Waals surface area contributed by atoms with Crippen molar-refractivity contribution in [1.82, 2.24) is 5.32 Å². The predicted octanol–water partition coefficient (Wildman–Crippen LogP) is 1.49. The first-order valence-corrected chi connectivity index (χ1v) is 6.62. The van der Waals surface area contributed by atoms with Gasteiger partial charge in [0.2, 0.25) is 0 Å².